The van der Waals surface area contributed by atoms with E-state index in [1.165, 1.54) is 4.90 Å². The quantitative estimate of drug-likeness (QED) is 0.676. The molecule has 6 heteroatoms. The van der Waals surface area contributed by atoms with Crippen LogP contribution in [0.1, 0.15) is 0 Å². The molecule has 2 rings (SSSR count). The number of hydrogen-bond donors (Lipinski definition) is 1. The van der Waals surface area contributed by atoms with Gasteiger partial charge in [-0.25, -0.2) is 0 Å². The zero-order valence-electron chi connectivity index (χ0n) is 10.3. The predicted octanol–water partition coefficient (Wildman–Crippen LogP) is 2.98. The minimum Gasteiger partial charge on any atom is -0.383 e. The summed E-state index contributed by atoms with van der Waals surface area (Å²) in [6.45, 7) is 1.31. The van der Waals surface area contributed by atoms with E-state index < -0.39 is 0 Å². The molecule has 1 aromatic carbocycles. The first-order valence-corrected chi connectivity index (χ1v) is 7.18. The number of H-pyrrole nitrogens is 1. The van der Waals surface area contributed by atoms with Crippen LogP contribution in [0.15, 0.2) is 29.2 Å². The van der Waals surface area contributed by atoms with Crippen molar-refractivity contribution in [1.82, 2.24) is 14.8 Å². The zero-order chi connectivity index (χ0) is 13.0. The molecule has 0 fully saturated rings. The fourth-order valence-electron chi connectivity index (χ4n) is 1.74. The van der Waals surface area contributed by atoms with Gasteiger partial charge >= 0.3 is 0 Å². The van der Waals surface area contributed by atoms with E-state index in [0.29, 0.717) is 17.9 Å². The smallest absolute Gasteiger partial charge is 0.195 e. The Labute approximate surface area is 115 Å². The Morgan fingerprint density at radius 2 is 2.22 bits per heavy atom. The lowest BCUT2D eigenvalue weighted by Crippen LogP contribution is -2.06. The molecule has 2 aromatic rings. The highest BCUT2D eigenvalue weighted by atomic mass is 32.2. The average Bonchev–Trinajstić information content (AvgIpc) is 2.77. The van der Waals surface area contributed by atoms with Gasteiger partial charge in [-0.05, 0) is 24.5 Å². The molecule has 0 bridgehead atoms. The molecule has 0 aliphatic carbocycles. The van der Waals surface area contributed by atoms with E-state index in [-0.39, 0.29) is 0 Å². The van der Waals surface area contributed by atoms with E-state index in [2.05, 4.69) is 28.6 Å². The summed E-state index contributed by atoms with van der Waals surface area (Å²) in [6.07, 6.45) is 2.06. The molecule has 0 saturated carbocycles. The van der Waals surface area contributed by atoms with Gasteiger partial charge in [-0.3, -0.25) is 9.67 Å². The lowest BCUT2D eigenvalue weighted by Gasteiger charge is -2.09. The largest absolute Gasteiger partial charge is 0.383 e. The number of aromatic amines is 1. The molecule has 1 heterocycles. The maximum absolute atomic E-state index is 5.25. The van der Waals surface area contributed by atoms with Crippen molar-refractivity contribution in [3.05, 3.63) is 29.0 Å². The summed E-state index contributed by atoms with van der Waals surface area (Å²) in [5, 5.41) is 7.17. The molecule has 96 valence electrons. The first kappa shape index (κ1) is 13.3. The second-order valence-electron chi connectivity index (χ2n) is 3.70. The van der Waals surface area contributed by atoms with Crippen molar-refractivity contribution in [3.63, 3.8) is 0 Å². The normalized spacial score (nSPS) is 10.8. The van der Waals surface area contributed by atoms with Crippen molar-refractivity contribution >= 4 is 24.0 Å². The Balaban J connectivity index is 2.47. The molecule has 1 aromatic heterocycles. The summed E-state index contributed by atoms with van der Waals surface area (Å²) in [7, 11) is 1.68. The molecule has 0 aliphatic heterocycles. The maximum Gasteiger partial charge on any atom is 0.195 e. The van der Waals surface area contributed by atoms with Crippen molar-refractivity contribution in [3.8, 4) is 11.4 Å². The molecule has 0 saturated heterocycles. The Bertz CT molecular complexity index is 577. The summed E-state index contributed by atoms with van der Waals surface area (Å²) >= 11 is 6.95. The zero-order valence-corrected chi connectivity index (χ0v) is 12.0. The van der Waals surface area contributed by atoms with Gasteiger partial charge in [0.2, 0.25) is 0 Å². The number of methoxy groups -OCH3 is 1. The summed E-state index contributed by atoms with van der Waals surface area (Å²) in [5.41, 5.74) is 1.09. The van der Waals surface area contributed by atoms with E-state index in [1.807, 2.05) is 16.7 Å². The van der Waals surface area contributed by atoms with Crippen LogP contribution in [0.4, 0.5) is 0 Å². The number of aromatic nitrogens is 3. The van der Waals surface area contributed by atoms with Crippen molar-refractivity contribution in [1.29, 1.82) is 0 Å². The van der Waals surface area contributed by atoms with Crippen LogP contribution < -0.4 is 0 Å². The topological polar surface area (TPSA) is 42.8 Å². The number of rotatable bonds is 5. The molecule has 0 amide bonds. The second-order valence-corrected chi connectivity index (χ2v) is 4.93. The van der Waals surface area contributed by atoms with Crippen LogP contribution in [-0.2, 0) is 11.3 Å². The van der Waals surface area contributed by atoms with Gasteiger partial charge in [0, 0.05) is 17.6 Å². The Hall–Kier alpha value is -1.11. The highest BCUT2D eigenvalue weighted by Crippen LogP contribution is 2.28. The third-order valence-electron chi connectivity index (χ3n) is 2.63. The molecular formula is C12H15N3OS2. The van der Waals surface area contributed by atoms with Crippen LogP contribution in [0, 0.1) is 4.77 Å². The average molecular weight is 281 g/mol. The van der Waals surface area contributed by atoms with E-state index in [0.717, 1.165) is 11.4 Å². The standard InChI is InChI=1S/C12H15N3OS2/c1-16-8-7-15-11(13-14-12(15)17)9-5-3-4-6-10(9)18-2/h3-6H,7-8H2,1-2H3,(H,14,17). The lowest BCUT2D eigenvalue weighted by molar-refractivity contribution is 0.187. The Morgan fingerprint density at radius 1 is 1.44 bits per heavy atom. The SMILES string of the molecule is COCCn1c(-c2ccccc2SC)n[nH]c1=S. The van der Waals surface area contributed by atoms with E-state index in [4.69, 9.17) is 17.0 Å². The van der Waals surface area contributed by atoms with Gasteiger partial charge in [-0.1, -0.05) is 18.2 Å². The van der Waals surface area contributed by atoms with Crippen molar-refractivity contribution in [2.24, 2.45) is 0 Å². The van der Waals surface area contributed by atoms with E-state index >= 15 is 0 Å². The first-order valence-electron chi connectivity index (χ1n) is 5.55. The van der Waals surface area contributed by atoms with Crippen LogP contribution in [0.3, 0.4) is 0 Å². The fraction of sp³-hybridized carbons (Fsp3) is 0.333. The highest BCUT2D eigenvalue weighted by molar-refractivity contribution is 7.98. The number of nitrogens with one attached hydrogen (secondary N) is 1. The number of nitrogens with zero attached hydrogens (tertiary/aromatic N) is 2. The maximum atomic E-state index is 5.25. The number of ether oxygens (including phenoxy) is 1. The van der Waals surface area contributed by atoms with Gasteiger partial charge in [-0.2, -0.15) is 5.10 Å². The molecule has 18 heavy (non-hydrogen) atoms. The monoisotopic (exact) mass is 281 g/mol. The first-order chi connectivity index (χ1) is 8.77. The van der Waals surface area contributed by atoms with E-state index in [1.54, 1.807) is 18.9 Å². The van der Waals surface area contributed by atoms with Crippen molar-refractivity contribution in [2.75, 3.05) is 20.0 Å². The van der Waals surface area contributed by atoms with Gasteiger partial charge in [-0.15, -0.1) is 11.8 Å². The molecule has 1 N–H and O–H groups in total. The van der Waals surface area contributed by atoms with Crippen LogP contribution in [-0.4, -0.2) is 34.7 Å². The molecule has 0 radical (unpaired) electrons. The number of benzene rings is 1. The van der Waals surface area contributed by atoms with Crippen LogP contribution >= 0.6 is 24.0 Å². The number of thioether (sulfide) groups is 1. The third-order valence-corrected chi connectivity index (χ3v) is 3.73. The number of hydrogen-bond acceptors (Lipinski definition) is 4. The molecule has 0 spiro atoms. The summed E-state index contributed by atoms with van der Waals surface area (Å²) in [6, 6.07) is 8.17. The van der Waals surface area contributed by atoms with Crippen LogP contribution in [0.25, 0.3) is 11.4 Å². The summed E-state index contributed by atoms with van der Waals surface area (Å²) < 4.78 is 7.69. The van der Waals surface area contributed by atoms with Gasteiger partial charge in [0.05, 0.1) is 13.2 Å². The minimum absolute atomic E-state index is 0.613. The molecular weight excluding hydrogens is 266 g/mol. The minimum atomic E-state index is 0.613. The third kappa shape index (κ3) is 2.66. The lowest BCUT2D eigenvalue weighted by atomic mass is 10.2. The highest BCUT2D eigenvalue weighted by Gasteiger charge is 2.11. The Morgan fingerprint density at radius 3 is 2.94 bits per heavy atom. The van der Waals surface area contributed by atoms with Crippen LogP contribution in [0.2, 0.25) is 0 Å². The van der Waals surface area contributed by atoms with Gasteiger partial charge in [0.15, 0.2) is 10.6 Å². The summed E-state index contributed by atoms with van der Waals surface area (Å²) in [4.78, 5) is 1.19. The van der Waals surface area contributed by atoms with Crippen LogP contribution in [0.5, 0.6) is 0 Å². The molecule has 0 aliphatic rings. The Kier molecular flexibility index (Phi) is 4.57. The second kappa shape index (κ2) is 6.17. The molecule has 0 atom stereocenters. The van der Waals surface area contributed by atoms with Gasteiger partial charge in [0.1, 0.15) is 0 Å². The van der Waals surface area contributed by atoms with E-state index in [9.17, 15) is 0 Å². The fourth-order valence-corrected chi connectivity index (χ4v) is 2.56. The summed E-state index contributed by atoms with van der Waals surface area (Å²) in [5.74, 6) is 0.863. The van der Waals surface area contributed by atoms with Crippen molar-refractivity contribution in [2.45, 2.75) is 11.4 Å². The van der Waals surface area contributed by atoms with Gasteiger partial charge < -0.3 is 4.74 Å². The van der Waals surface area contributed by atoms with Gasteiger partial charge in [0.25, 0.3) is 0 Å². The molecule has 0 unspecified atom stereocenters. The van der Waals surface area contributed by atoms with Crippen molar-refractivity contribution < 1.29 is 4.74 Å². The predicted molar refractivity (Wildman–Crippen MR) is 76.5 cm³/mol. The molecule has 4 nitrogen and oxygen atoms in total.